The molecule has 0 saturated heterocycles. The highest BCUT2D eigenvalue weighted by molar-refractivity contribution is 5.78. The Morgan fingerprint density at radius 1 is 0.645 bits per heavy atom. The van der Waals surface area contributed by atoms with Gasteiger partial charge in [0.15, 0.2) is 11.2 Å². The third-order valence-corrected chi connectivity index (χ3v) is 11.7. The number of methoxy groups -OCH3 is 1. The van der Waals surface area contributed by atoms with Crippen molar-refractivity contribution in [1.82, 2.24) is 19.5 Å². The molecule has 8 aromatic rings. The molecule has 2 aromatic heterocycles. The number of hydrogen-bond donors (Lipinski definition) is 1. The molecule has 6 aromatic carbocycles. The average Bonchev–Trinajstić information content (AvgIpc) is 3.90. The SMILES string of the molecule is C=C1[C@@H](COCc2ccccc2)[C@H](OCc2ccccc2)C[C@@H]1n1cnc2c(OCc3ccccc3)nc(NC(c3ccccc3)(c3ccccc3)c3ccc(OC)cc3)nc21. The average molecular weight is 820 g/mol. The maximum Gasteiger partial charge on any atom is 0.247 e. The Hall–Kier alpha value is -7.07. The largest absolute Gasteiger partial charge is 0.497 e. The van der Waals surface area contributed by atoms with E-state index in [1.54, 1.807) is 7.11 Å². The van der Waals surface area contributed by atoms with Gasteiger partial charge < -0.3 is 28.8 Å². The number of rotatable bonds is 17. The van der Waals surface area contributed by atoms with E-state index in [9.17, 15) is 0 Å². The van der Waals surface area contributed by atoms with E-state index in [2.05, 4.69) is 70.5 Å². The topological polar surface area (TPSA) is 92.6 Å². The summed E-state index contributed by atoms with van der Waals surface area (Å²) in [5.74, 6) is 1.42. The summed E-state index contributed by atoms with van der Waals surface area (Å²) in [6, 6.07) is 59.2. The van der Waals surface area contributed by atoms with Crippen molar-refractivity contribution in [2.24, 2.45) is 5.92 Å². The molecule has 0 radical (unpaired) electrons. The molecule has 62 heavy (non-hydrogen) atoms. The maximum absolute atomic E-state index is 6.73. The number of ether oxygens (including phenoxy) is 4. The molecular formula is C53H49N5O4. The van der Waals surface area contributed by atoms with E-state index < -0.39 is 5.54 Å². The van der Waals surface area contributed by atoms with Gasteiger partial charge in [0.05, 0.1) is 45.4 Å². The molecule has 1 N–H and O–H groups in total. The van der Waals surface area contributed by atoms with Crippen LogP contribution in [0.15, 0.2) is 194 Å². The van der Waals surface area contributed by atoms with E-state index in [1.165, 1.54) is 0 Å². The summed E-state index contributed by atoms with van der Waals surface area (Å²) in [7, 11) is 1.68. The van der Waals surface area contributed by atoms with Gasteiger partial charge in [-0.15, -0.1) is 0 Å². The number of nitrogens with one attached hydrogen (secondary N) is 1. The van der Waals surface area contributed by atoms with Gasteiger partial charge in [0, 0.05) is 5.92 Å². The molecule has 0 bridgehead atoms. The number of hydrogen-bond acceptors (Lipinski definition) is 8. The fraction of sp³-hybridized carbons (Fsp3) is 0.189. The van der Waals surface area contributed by atoms with Crippen LogP contribution in [0.25, 0.3) is 11.2 Å². The first kappa shape index (κ1) is 40.3. The van der Waals surface area contributed by atoms with Gasteiger partial charge in [-0.25, -0.2) is 4.98 Å². The van der Waals surface area contributed by atoms with Crippen molar-refractivity contribution >= 4 is 17.1 Å². The van der Waals surface area contributed by atoms with E-state index >= 15 is 0 Å². The summed E-state index contributed by atoms with van der Waals surface area (Å²) < 4.78 is 27.4. The molecule has 2 heterocycles. The Labute approximate surface area is 362 Å². The number of aromatic nitrogens is 4. The lowest BCUT2D eigenvalue weighted by Gasteiger charge is -2.37. The van der Waals surface area contributed by atoms with Gasteiger partial charge in [-0.3, -0.25) is 0 Å². The maximum atomic E-state index is 6.73. The van der Waals surface area contributed by atoms with Crippen molar-refractivity contribution in [1.29, 1.82) is 0 Å². The first-order valence-electron chi connectivity index (χ1n) is 21.0. The third-order valence-electron chi connectivity index (χ3n) is 11.7. The van der Waals surface area contributed by atoms with Crippen LogP contribution in [-0.2, 0) is 34.8 Å². The summed E-state index contributed by atoms with van der Waals surface area (Å²) in [5, 5.41) is 3.88. The fourth-order valence-corrected chi connectivity index (χ4v) is 8.47. The molecule has 1 aliphatic carbocycles. The van der Waals surface area contributed by atoms with Gasteiger partial charge in [0.1, 0.15) is 17.9 Å². The Bertz CT molecular complexity index is 2640. The lowest BCUT2D eigenvalue weighted by atomic mass is 9.77. The molecule has 9 heteroatoms. The van der Waals surface area contributed by atoms with Gasteiger partial charge >= 0.3 is 0 Å². The van der Waals surface area contributed by atoms with Crippen LogP contribution in [0.4, 0.5) is 5.95 Å². The van der Waals surface area contributed by atoms with E-state index in [1.807, 2.05) is 122 Å². The summed E-state index contributed by atoms with van der Waals surface area (Å²) in [6.45, 7) is 6.45. The minimum absolute atomic E-state index is 0.0722. The van der Waals surface area contributed by atoms with E-state index in [4.69, 9.17) is 40.5 Å². The van der Waals surface area contributed by atoms with E-state index in [0.717, 1.165) is 44.7 Å². The van der Waals surface area contributed by atoms with Crippen LogP contribution in [0.5, 0.6) is 11.6 Å². The van der Waals surface area contributed by atoms with Crippen LogP contribution < -0.4 is 14.8 Å². The van der Waals surface area contributed by atoms with Crippen LogP contribution in [0.2, 0.25) is 0 Å². The molecule has 0 amide bonds. The quantitative estimate of drug-likeness (QED) is 0.0717. The monoisotopic (exact) mass is 819 g/mol. The second-order valence-corrected chi connectivity index (χ2v) is 15.6. The van der Waals surface area contributed by atoms with Gasteiger partial charge in [-0.1, -0.05) is 170 Å². The highest BCUT2D eigenvalue weighted by Crippen LogP contribution is 2.44. The molecule has 9 rings (SSSR count). The lowest BCUT2D eigenvalue weighted by Crippen LogP contribution is -2.38. The summed E-state index contributed by atoms with van der Waals surface area (Å²) >= 11 is 0. The predicted molar refractivity (Wildman–Crippen MR) is 243 cm³/mol. The first-order valence-corrected chi connectivity index (χ1v) is 21.0. The summed E-state index contributed by atoms with van der Waals surface area (Å²) in [4.78, 5) is 15.4. The predicted octanol–water partition coefficient (Wildman–Crippen LogP) is 10.7. The van der Waals surface area contributed by atoms with Crippen LogP contribution in [-0.4, -0.2) is 39.3 Å². The molecule has 1 aliphatic rings. The van der Waals surface area contributed by atoms with Crippen molar-refractivity contribution in [2.45, 2.75) is 43.9 Å². The summed E-state index contributed by atoms with van der Waals surface area (Å²) in [5.41, 5.74) is 7.45. The molecule has 1 fully saturated rings. The highest BCUT2D eigenvalue weighted by Gasteiger charge is 2.41. The molecular weight excluding hydrogens is 771 g/mol. The van der Waals surface area contributed by atoms with Crippen molar-refractivity contribution in [3.05, 3.63) is 228 Å². The van der Waals surface area contributed by atoms with Crippen molar-refractivity contribution in [2.75, 3.05) is 19.0 Å². The zero-order valence-electron chi connectivity index (χ0n) is 34.7. The Balaban J connectivity index is 1.13. The van der Waals surface area contributed by atoms with Gasteiger partial charge in [0.2, 0.25) is 11.8 Å². The molecule has 3 atom stereocenters. The molecule has 0 spiro atoms. The van der Waals surface area contributed by atoms with E-state index in [-0.39, 0.29) is 18.1 Å². The van der Waals surface area contributed by atoms with Crippen LogP contribution in [0.3, 0.4) is 0 Å². The first-order chi connectivity index (χ1) is 30.6. The van der Waals surface area contributed by atoms with Crippen molar-refractivity contribution in [3.8, 4) is 11.6 Å². The van der Waals surface area contributed by atoms with Crippen molar-refractivity contribution < 1.29 is 18.9 Å². The zero-order chi connectivity index (χ0) is 42.1. The molecule has 310 valence electrons. The second kappa shape index (κ2) is 18.7. The molecule has 9 nitrogen and oxygen atoms in total. The number of nitrogens with zero attached hydrogens (tertiary/aromatic N) is 4. The number of benzene rings is 6. The Kier molecular flexibility index (Phi) is 12.2. The molecule has 0 aliphatic heterocycles. The van der Waals surface area contributed by atoms with Crippen LogP contribution in [0.1, 0.15) is 45.8 Å². The van der Waals surface area contributed by atoms with Crippen molar-refractivity contribution in [3.63, 3.8) is 0 Å². The standard InChI is InChI=1S/C53H49N5O4/c1-38-46(36-60-33-39-18-8-3-9-19-39)48(61-34-40-20-10-4-11-21-40)32-47(38)58-37-54-49-50(58)55-52(56-51(49)62-35-41-22-12-5-13-23-41)57-53(42-24-14-6-15-25-42,43-26-16-7-17-27-43)44-28-30-45(59-2)31-29-44/h3-31,37,46-48H,1,32-36H2,2H3,(H,55,56,57)/t46-,47+,48-/m1/s1. The lowest BCUT2D eigenvalue weighted by molar-refractivity contribution is -0.0122. The van der Waals surface area contributed by atoms with Crippen LogP contribution in [0, 0.1) is 5.92 Å². The minimum Gasteiger partial charge on any atom is -0.497 e. The van der Waals surface area contributed by atoms with Crippen LogP contribution >= 0.6 is 0 Å². The second-order valence-electron chi connectivity index (χ2n) is 15.6. The fourth-order valence-electron chi connectivity index (χ4n) is 8.47. The van der Waals surface area contributed by atoms with E-state index in [0.29, 0.717) is 55.8 Å². The number of fused-ring (bicyclic) bond motifs is 1. The minimum atomic E-state index is -0.932. The number of anilines is 1. The normalized spacial score (nSPS) is 16.3. The molecule has 1 saturated carbocycles. The van der Waals surface area contributed by atoms with Gasteiger partial charge in [-0.05, 0) is 57.5 Å². The third kappa shape index (κ3) is 8.59. The number of imidazole rings is 1. The smallest absolute Gasteiger partial charge is 0.247 e. The Morgan fingerprint density at radius 2 is 1.18 bits per heavy atom. The summed E-state index contributed by atoms with van der Waals surface area (Å²) in [6.07, 6.45) is 2.34. The Morgan fingerprint density at radius 3 is 1.76 bits per heavy atom. The van der Waals surface area contributed by atoms with Gasteiger partial charge in [-0.2, -0.15) is 9.97 Å². The van der Waals surface area contributed by atoms with Gasteiger partial charge in [0.25, 0.3) is 0 Å². The highest BCUT2D eigenvalue weighted by atomic mass is 16.5. The molecule has 0 unspecified atom stereocenters. The zero-order valence-corrected chi connectivity index (χ0v) is 34.7.